The maximum Gasteiger partial charge on any atom is 0.264 e. The van der Waals surface area contributed by atoms with Gasteiger partial charge in [0.2, 0.25) is 0 Å². The second-order valence-electron chi connectivity index (χ2n) is 5.17. The molecule has 0 fully saturated rings. The monoisotopic (exact) mass is 384 g/mol. The first kappa shape index (κ1) is 17.1. The molecule has 1 aromatic carbocycles. The van der Waals surface area contributed by atoms with E-state index in [1.165, 1.54) is 34.8 Å². The van der Waals surface area contributed by atoms with Gasteiger partial charge in [-0.25, -0.2) is 12.8 Å². The molecule has 126 valence electrons. The summed E-state index contributed by atoms with van der Waals surface area (Å²) < 4.78 is 40.9. The number of nitrogens with zero attached hydrogens (tertiary/aromatic N) is 2. The number of anilines is 1. The van der Waals surface area contributed by atoms with Crippen molar-refractivity contribution in [1.82, 2.24) is 4.98 Å². The molecule has 24 heavy (non-hydrogen) atoms. The summed E-state index contributed by atoms with van der Waals surface area (Å²) in [4.78, 5) is 4.36. The Hall–Kier alpha value is -1.70. The zero-order chi connectivity index (χ0) is 17.5. The van der Waals surface area contributed by atoms with E-state index in [2.05, 4.69) is 4.98 Å². The molecular weight excluding hydrogens is 371 g/mol. The van der Waals surface area contributed by atoms with E-state index >= 15 is 0 Å². The van der Waals surface area contributed by atoms with Crippen LogP contribution in [0.3, 0.4) is 0 Å². The van der Waals surface area contributed by atoms with Gasteiger partial charge < -0.3 is 0 Å². The minimum Gasteiger partial charge on any atom is -0.268 e. The average molecular weight is 385 g/mol. The summed E-state index contributed by atoms with van der Waals surface area (Å²) >= 11 is 7.48. The van der Waals surface area contributed by atoms with E-state index in [1.54, 1.807) is 11.6 Å². The molecule has 0 atom stereocenters. The van der Waals surface area contributed by atoms with Crippen molar-refractivity contribution in [2.24, 2.45) is 0 Å². The van der Waals surface area contributed by atoms with Gasteiger partial charge in [0.1, 0.15) is 11.3 Å². The maximum absolute atomic E-state index is 13.1. The number of benzene rings is 1. The minimum atomic E-state index is -3.82. The molecular formula is C16H14ClFN2O2S2. The van der Waals surface area contributed by atoms with E-state index in [0.29, 0.717) is 27.3 Å². The molecule has 0 aliphatic rings. The lowest BCUT2D eigenvalue weighted by Crippen LogP contribution is -2.27. The largest absolute Gasteiger partial charge is 0.268 e. The molecule has 2 heterocycles. The minimum absolute atomic E-state index is 0.0288. The predicted molar refractivity (Wildman–Crippen MR) is 96.0 cm³/mol. The van der Waals surface area contributed by atoms with Gasteiger partial charge in [0.15, 0.2) is 0 Å². The standard InChI is InChI=1S/C16H14ClFN2O2S2/c1-3-10-8-19-14-13(17)9-23-16(14)15(10)20(2)24(21,22)12-6-4-11(18)5-7-12/h4-9H,3H2,1-2H3. The van der Waals surface area contributed by atoms with Gasteiger partial charge in [-0.15, -0.1) is 11.3 Å². The summed E-state index contributed by atoms with van der Waals surface area (Å²) in [5.74, 6) is -0.484. The highest BCUT2D eigenvalue weighted by molar-refractivity contribution is 7.92. The summed E-state index contributed by atoms with van der Waals surface area (Å²) in [6, 6.07) is 4.77. The van der Waals surface area contributed by atoms with E-state index in [9.17, 15) is 12.8 Å². The van der Waals surface area contributed by atoms with Crippen molar-refractivity contribution in [3.63, 3.8) is 0 Å². The third-order valence-corrected chi connectivity index (χ3v) is 6.92. The fraction of sp³-hybridized carbons (Fsp3) is 0.188. The first-order chi connectivity index (χ1) is 11.4. The quantitative estimate of drug-likeness (QED) is 0.666. The Balaban J connectivity index is 2.20. The summed E-state index contributed by atoms with van der Waals surface area (Å²) in [7, 11) is -2.33. The lowest BCUT2D eigenvalue weighted by atomic mass is 10.2. The number of aryl methyl sites for hydroxylation is 1. The molecule has 0 radical (unpaired) electrons. The number of pyridine rings is 1. The molecule has 0 spiro atoms. The summed E-state index contributed by atoms with van der Waals surface area (Å²) in [6.07, 6.45) is 2.27. The first-order valence-electron chi connectivity index (χ1n) is 7.15. The third kappa shape index (κ3) is 2.76. The van der Waals surface area contributed by atoms with Gasteiger partial charge in [-0.05, 0) is 36.2 Å². The highest BCUT2D eigenvalue weighted by Gasteiger charge is 2.26. The maximum atomic E-state index is 13.1. The van der Waals surface area contributed by atoms with Crippen molar-refractivity contribution in [1.29, 1.82) is 0 Å². The van der Waals surface area contributed by atoms with Gasteiger partial charge in [-0.1, -0.05) is 18.5 Å². The number of hydrogen-bond donors (Lipinski definition) is 0. The molecule has 2 aromatic heterocycles. The number of hydrogen-bond acceptors (Lipinski definition) is 4. The zero-order valence-electron chi connectivity index (χ0n) is 13.0. The van der Waals surface area contributed by atoms with Gasteiger partial charge >= 0.3 is 0 Å². The van der Waals surface area contributed by atoms with Crippen molar-refractivity contribution in [3.05, 3.63) is 52.2 Å². The zero-order valence-corrected chi connectivity index (χ0v) is 15.3. The molecule has 0 bridgehead atoms. The normalized spacial score (nSPS) is 11.8. The molecule has 0 N–H and O–H groups in total. The van der Waals surface area contributed by atoms with Crippen LogP contribution in [0.25, 0.3) is 10.2 Å². The van der Waals surface area contributed by atoms with Crippen molar-refractivity contribution < 1.29 is 12.8 Å². The van der Waals surface area contributed by atoms with Gasteiger partial charge in [0.05, 0.1) is 20.3 Å². The van der Waals surface area contributed by atoms with Crippen LogP contribution in [0.2, 0.25) is 5.02 Å². The Kier molecular flexibility index (Phi) is 4.50. The summed E-state index contributed by atoms with van der Waals surface area (Å²) in [6.45, 7) is 1.93. The number of fused-ring (bicyclic) bond motifs is 1. The lowest BCUT2D eigenvalue weighted by Gasteiger charge is -2.22. The highest BCUT2D eigenvalue weighted by Crippen LogP contribution is 2.39. The highest BCUT2D eigenvalue weighted by atomic mass is 35.5. The van der Waals surface area contributed by atoms with Crippen LogP contribution in [-0.2, 0) is 16.4 Å². The fourth-order valence-corrected chi connectivity index (χ4v) is 5.08. The van der Waals surface area contributed by atoms with Crippen LogP contribution < -0.4 is 4.31 Å². The fourth-order valence-electron chi connectivity index (χ4n) is 2.46. The van der Waals surface area contributed by atoms with E-state index in [1.807, 2.05) is 6.92 Å². The molecule has 0 aliphatic carbocycles. The number of sulfonamides is 1. The van der Waals surface area contributed by atoms with Gasteiger partial charge in [-0.2, -0.15) is 0 Å². The van der Waals surface area contributed by atoms with Crippen molar-refractivity contribution in [2.75, 3.05) is 11.4 Å². The Bertz CT molecular complexity index is 1000. The Morgan fingerprint density at radius 1 is 1.29 bits per heavy atom. The van der Waals surface area contributed by atoms with Crippen LogP contribution in [0.1, 0.15) is 12.5 Å². The predicted octanol–water partition coefficient (Wildman–Crippen LogP) is 4.48. The van der Waals surface area contributed by atoms with Gasteiger partial charge in [0, 0.05) is 18.6 Å². The summed E-state index contributed by atoms with van der Waals surface area (Å²) in [5.41, 5.74) is 1.94. The second kappa shape index (κ2) is 6.31. The molecule has 0 aliphatic heterocycles. The van der Waals surface area contributed by atoms with E-state index in [4.69, 9.17) is 11.6 Å². The molecule has 0 unspecified atom stereocenters. The van der Waals surface area contributed by atoms with Crippen LogP contribution in [0.4, 0.5) is 10.1 Å². The van der Waals surface area contributed by atoms with Crippen LogP contribution in [-0.4, -0.2) is 20.4 Å². The average Bonchev–Trinajstić information content (AvgIpc) is 2.95. The molecule has 8 heteroatoms. The molecule has 0 saturated heterocycles. The van der Waals surface area contributed by atoms with Crippen LogP contribution >= 0.6 is 22.9 Å². The molecule has 4 nitrogen and oxygen atoms in total. The topological polar surface area (TPSA) is 50.3 Å². The molecule has 3 aromatic rings. The van der Waals surface area contributed by atoms with E-state index in [-0.39, 0.29) is 4.90 Å². The molecule has 0 saturated carbocycles. The van der Waals surface area contributed by atoms with Crippen LogP contribution in [0, 0.1) is 5.82 Å². The lowest BCUT2D eigenvalue weighted by molar-refractivity contribution is 0.593. The third-order valence-electron chi connectivity index (χ3n) is 3.76. The Labute approximate surface area is 148 Å². The van der Waals surface area contributed by atoms with Crippen molar-refractivity contribution >= 4 is 48.9 Å². The van der Waals surface area contributed by atoms with Crippen LogP contribution in [0.15, 0.2) is 40.7 Å². The SMILES string of the molecule is CCc1cnc2c(Cl)csc2c1N(C)S(=O)(=O)c1ccc(F)cc1. The second-order valence-corrected chi connectivity index (χ2v) is 8.43. The molecule has 0 amide bonds. The van der Waals surface area contributed by atoms with Crippen molar-refractivity contribution in [2.45, 2.75) is 18.2 Å². The van der Waals surface area contributed by atoms with Gasteiger partial charge in [0.25, 0.3) is 10.0 Å². The van der Waals surface area contributed by atoms with Gasteiger partial charge in [-0.3, -0.25) is 9.29 Å². The van der Waals surface area contributed by atoms with E-state index in [0.717, 1.165) is 17.7 Å². The Morgan fingerprint density at radius 2 is 1.96 bits per heavy atom. The van der Waals surface area contributed by atoms with E-state index < -0.39 is 15.8 Å². The van der Waals surface area contributed by atoms with Crippen LogP contribution in [0.5, 0.6) is 0 Å². The number of rotatable bonds is 4. The summed E-state index contributed by atoms with van der Waals surface area (Å²) in [5, 5.41) is 2.23. The Morgan fingerprint density at radius 3 is 2.58 bits per heavy atom. The smallest absolute Gasteiger partial charge is 0.264 e. The molecule has 3 rings (SSSR count). The van der Waals surface area contributed by atoms with Crippen molar-refractivity contribution in [3.8, 4) is 0 Å². The number of aromatic nitrogens is 1. The number of halogens is 2. The number of thiophene rings is 1. The first-order valence-corrected chi connectivity index (χ1v) is 9.85.